The van der Waals surface area contributed by atoms with Crippen molar-refractivity contribution in [2.45, 2.75) is 25.6 Å². The molecule has 1 fully saturated rings. The maximum atomic E-state index is 12.9. The van der Waals surface area contributed by atoms with Gasteiger partial charge in [-0.25, -0.2) is 0 Å². The van der Waals surface area contributed by atoms with Gasteiger partial charge in [0.15, 0.2) is 0 Å². The van der Waals surface area contributed by atoms with E-state index in [-0.39, 0.29) is 30.9 Å². The van der Waals surface area contributed by atoms with Gasteiger partial charge in [-0.3, -0.25) is 4.90 Å². The molecule has 2 rings (SSSR count). The molecule has 0 bridgehead atoms. The predicted octanol–water partition coefficient (Wildman–Crippen LogP) is 4.67. The molecule has 0 aliphatic carbocycles. The first-order valence-electron chi connectivity index (χ1n) is 6.75. The minimum Gasteiger partial charge on any atom is -0.314 e. The molecular formula is C14H20BrCl2F3N2. The second-order valence-corrected chi connectivity index (χ2v) is 5.80. The van der Waals surface area contributed by atoms with Crippen LogP contribution in [-0.4, -0.2) is 31.1 Å². The molecule has 1 N–H and O–H groups in total. The van der Waals surface area contributed by atoms with Gasteiger partial charge in [0.25, 0.3) is 0 Å². The van der Waals surface area contributed by atoms with E-state index in [2.05, 4.69) is 26.1 Å². The summed E-state index contributed by atoms with van der Waals surface area (Å²) in [5.74, 6) is 0. The van der Waals surface area contributed by atoms with Crippen molar-refractivity contribution < 1.29 is 13.2 Å². The number of halogens is 6. The van der Waals surface area contributed by atoms with Gasteiger partial charge in [0, 0.05) is 36.7 Å². The number of nitrogens with one attached hydrogen (secondary N) is 1. The molecule has 1 saturated heterocycles. The van der Waals surface area contributed by atoms with Crippen molar-refractivity contribution in [1.29, 1.82) is 0 Å². The van der Waals surface area contributed by atoms with Gasteiger partial charge in [-0.2, -0.15) is 13.2 Å². The highest BCUT2D eigenvalue weighted by atomic mass is 79.9. The molecule has 22 heavy (non-hydrogen) atoms. The summed E-state index contributed by atoms with van der Waals surface area (Å²) >= 11 is 3.40. The Morgan fingerprint density at radius 3 is 2.32 bits per heavy atom. The Kier molecular flexibility index (Phi) is 9.32. The molecule has 0 radical (unpaired) electrons. The summed E-state index contributed by atoms with van der Waals surface area (Å²) in [5, 5.41) is 3.26. The summed E-state index contributed by atoms with van der Waals surface area (Å²) in [7, 11) is 0. The molecule has 128 valence electrons. The molecule has 8 heteroatoms. The van der Waals surface area contributed by atoms with Gasteiger partial charge in [-0.15, -0.1) is 24.8 Å². The average Bonchev–Trinajstić information content (AvgIpc) is 2.41. The van der Waals surface area contributed by atoms with Crippen LogP contribution in [0, 0.1) is 0 Å². The first-order valence-corrected chi connectivity index (χ1v) is 7.54. The summed E-state index contributed by atoms with van der Waals surface area (Å²) in [6, 6.07) is 3.93. The summed E-state index contributed by atoms with van der Waals surface area (Å²) in [5.41, 5.74) is 0.147. The topological polar surface area (TPSA) is 15.3 Å². The molecule has 1 aliphatic rings. The Labute approximate surface area is 149 Å². The molecule has 2 nitrogen and oxygen atoms in total. The third-order valence-electron chi connectivity index (χ3n) is 3.66. The maximum Gasteiger partial charge on any atom is 0.416 e. The first-order chi connectivity index (χ1) is 9.43. The third-order valence-corrected chi connectivity index (χ3v) is 4.38. The van der Waals surface area contributed by atoms with Gasteiger partial charge in [-0.05, 0) is 30.2 Å². The first kappa shape index (κ1) is 22.0. The second-order valence-electron chi connectivity index (χ2n) is 4.94. The summed E-state index contributed by atoms with van der Waals surface area (Å²) in [6.45, 7) is 5.50. The van der Waals surface area contributed by atoms with Gasteiger partial charge < -0.3 is 5.32 Å². The van der Waals surface area contributed by atoms with E-state index < -0.39 is 11.7 Å². The van der Waals surface area contributed by atoms with Crippen LogP contribution in [0.5, 0.6) is 0 Å². The maximum absolute atomic E-state index is 12.9. The molecule has 1 aromatic rings. The predicted molar refractivity (Wildman–Crippen MR) is 91.1 cm³/mol. The molecule has 1 aliphatic heterocycles. The average molecular weight is 424 g/mol. The minimum atomic E-state index is -4.29. The SMILES string of the molecule is CC[C@@H](c1cc(C(F)(F)F)ccc1Br)N1CCNCC1.Cl.Cl. The van der Waals surface area contributed by atoms with E-state index in [4.69, 9.17) is 0 Å². The van der Waals surface area contributed by atoms with Crippen molar-refractivity contribution in [3.8, 4) is 0 Å². The van der Waals surface area contributed by atoms with Crippen molar-refractivity contribution >= 4 is 40.7 Å². The van der Waals surface area contributed by atoms with E-state index >= 15 is 0 Å². The number of nitrogens with zero attached hydrogens (tertiary/aromatic N) is 1. The zero-order valence-corrected chi connectivity index (χ0v) is 15.3. The van der Waals surface area contributed by atoms with E-state index in [1.54, 1.807) is 0 Å². The standard InChI is InChI=1S/C14H18BrF3N2.2ClH/c1-2-13(20-7-5-19-6-8-20)11-9-10(14(16,17)18)3-4-12(11)15;;/h3-4,9,13,19H,2,5-8H2,1H3;2*1H/t13-;;/m0../s1. The summed E-state index contributed by atoms with van der Waals surface area (Å²) in [6.07, 6.45) is -3.50. The highest BCUT2D eigenvalue weighted by molar-refractivity contribution is 9.10. The normalized spacial score (nSPS) is 17.3. The number of alkyl halides is 3. The van der Waals surface area contributed by atoms with E-state index in [1.807, 2.05) is 6.92 Å². The molecule has 0 unspecified atom stereocenters. The highest BCUT2D eigenvalue weighted by Gasteiger charge is 2.32. The molecule has 0 amide bonds. The van der Waals surface area contributed by atoms with Crippen LogP contribution in [0.4, 0.5) is 13.2 Å². The van der Waals surface area contributed by atoms with E-state index in [9.17, 15) is 13.2 Å². The van der Waals surface area contributed by atoms with E-state index in [0.29, 0.717) is 0 Å². The van der Waals surface area contributed by atoms with Crippen molar-refractivity contribution in [3.05, 3.63) is 33.8 Å². The molecule has 1 atom stereocenters. The fraction of sp³-hybridized carbons (Fsp3) is 0.571. The summed E-state index contributed by atoms with van der Waals surface area (Å²) in [4.78, 5) is 2.25. The Morgan fingerprint density at radius 2 is 1.82 bits per heavy atom. The highest BCUT2D eigenvalue weighted by Crippen LogP contribution is 2.36. The zero-order chi connectivity index (χ0) is 14.8. The number of hydrogen-bond acceptors (Lipinski definition) is 2. The monoisotopic (exact) mass is 422 g/mol. The van der Waals surface area contributed by atoms with Crippen LogP contribution in [0.3, 0.4) is 0 Å². The Hall–Kier alpha value is -0.0100. The van der Waals surface area contributed by atoms with Gasteiger partial charge in [-0.1, -0.05) is 22.9 Å². The van der Waals surface area contributed by atoms with E-state index in [0.717, 1.165) is 48.7 Å². The number of rotatable bonds is 3. The van der Waals surface area contributed by atoms with Crippen LogP contribution in [0.15, 0.2) is 22.7 Å². The largest absolute Gasteiger partial charge is 0.416 e. The third kappa shape index (κ3) is 5.27. The van der Waals surface area contributed by atoms with Gasteiger partial charge in [0.1, 0.15) is 0 Å². The number of piperazine rings is 1. The Bertz CT molecular complexity index is 466. The molecule has 1 aromatic carbocycles. The van der Waals surface area contributed by atoms with Gasteiger partial charge >= 0.3 is 6.18 Å². The van der Waals surface area contributed by atoms with Crippen LogP contribution in [0.2, 0.25) is 0 Å². The number of hydrogen-bond donors (Lipinski definition) is 1. The van der Waals surface area contributed by atoms with Crippen molar-refractivity contribution in [1.82, 2.24) is 10.2 Å². The lowest BCUT2D eigenvalue weighted by molar-refractivity contribution is -0.137. The quantitative estimate of drug-likeness (QED) is 0.759. The smallest absolute Gasteiger partial charge is 0.314 e. The van der Waals surface area contributed by atoms with Crippen molar-refractivity contribution in [2.75, 3.05) is 26.2 Å². The Morgan fingerprint density at radius 1 is 1.23 bits per heavy atom. The van der Waals surface area contributed by atoms with Crippen LogP contribution in [0.25, 0.3) is 0 Å². The zero-order valence-electron chi connectivity index (χ0n) is 12.1. The molecule has 0 saturated carbocycles. The van der Waals surface area contributed by atoms with Crippen LogP contribution in [-0.2, 0) is 6.18 Å². The second kappa shape index (κ2) is 9.33. The lowest BCUT2D eigenvalue weighted by Gasteiger charge is -2.35. The number of benzene rings is 1. The molecule has 0 aromatic heterocycles. The van der Waals surface area contributed by atoms with Gasteiger partial charge in [0.2, 0.25) is 0 Å². The van der Waals surface area contributed by atoms with E-state index in [1.165, 1.54) is 12.1 Å². The van der Waals surface area contributed by atoms with Crippen molar-refractivity contribution in [3.63, 3.8) is 0 Å². The molecular weight excluding hydrogens is 404 g/mol. The molecule has 1 heterocycles. The van der Waals surface area contributed by atoms with Crippen LogP contribution >= 0.6 is 40.7 Å². The minimum absolute atomic E-state index is 0. The summed E-state index contributed by atoms with van der Waals surface area (Å²) < 4.78 is 39.4. The van der Waals surface area contributed by atoms with Gasteiger partial charge in [0.05, 0.1) is 5.56 Å². The Balaban J connectivity index is 0.00000220. The fourth-order valence-electron chi connectivity index (χ4n) is 2.64. The lowest BCUT2D eigenvalue weighted by atomic mass is 9.99. The van der Waals surface area contributed by atoms with Crippen LogP contribution < -0.4 is 5.32 Å². The molecule has 0 spiro atoms. The van der Waals surface area contributed by atoms with Crippen LogP contribution in [0.1, 0.15) is 30.5 Å². The lowest BCUT2D eigenvalue weighted by Crippen LogP contribution is -2.45. The van der Waals surface area contributed by atoms with Crippen molar-refractivity contribution in [2.24, 2.45) is 0 Å². The fourth-order valence-corrected chi connectivity index (χ4v) is 3.15.